The zero-order chi connectivity index (χ0) is 25.7. The fraction of sp³-hybridized carbons (Fsp3) is 0.379. The van der Waals surface area contributed by atoms with Gasteiger partial charge < -0.3 is 15.5 Å². The Bertz CT molecular complexity index is 1380. The van der Waals surface area contributed by atoms with Crippen molar-refractivity contribution in [1.82, 2.24) is 19.8 Å². The van der Waals surface area contributed by atoms with E-state index in [-0.39, 0.29) is 17.9 Å². The van der Waals surface area contributed by atoms with Crippen molar-refractivity contribution >= 4 is 29.1 Å². The molecule has 3 aliphatic heterocycles. The van der Waals surface area contributed by atoms with Gasteiger partial charge in [-0.05, 0) is 80.6 Å². The van der Waals surface area contributed by atoms with E-state index in [1.54, 1.807) is 0 Å². The number of piperidine rings is 1. The van der Waals surface area contributed by atoms with Gasteiger partial charge in [-0.25, -0.2) is 9.97 Å². The molecule has 8 nitrogen and oxygen atoms in total. The van der Waals surface area contributed by atoms with E-state index in [9.17, 15) is 9.59 Å². The highest BCUT2D eigenvalue weighted by atomic mass is 16.2. The molecule has 1 aromatic heterocycles. The number of amides is 2. The lowest BCUT2D eigenvalue weighted by Crippen LogP contribution is -2.50. The van der Waals surface area contributed by atoms with Crippen LogP contribution >= 0.6 is 0 Å². The van der Waals surface area contributed by atoms with Gasteiger partial charge in [0.2, 0.25) is 11.9 Å². The maximum atomic E-state index is 13.3. The van der Waals surface area contributed by atoms with Gasteiger partial charge in [0.25, 0.3) is 5.91 Å². The van der Waals surface area contributed by atoms with E-state index >= 15 is 0 Å². The SMILES string of the molecule is Cc1cc(C)cc(Nc2ncc3c(n2)CN([C@@H]2CCN(C(=O)c4ccc5c(c4)CC(=O)N5)[C@H](C)C2)C3)c1. The minimum atomic E-state index is -0.0155. The average molecular weight is 497 g/mol. The van der Waals surface area contributed by atoms with E-state index in [0.717, 1.165) is 55.1 Å². The van der Waals surface area contributed by atoms with Gasteiger partial charge >= 0.3 is 0 Å². The highest BCUT2D eigenvalue weighted by Crippen LogP contribution is 2.31. The van der Waals surface area contributed by atoms with Gasteiger partial charge in [-0.15, -0.1) is 0 Å². The summed E-state index contributed by atoms with van der Waals surface area (Å²) >= 11 is 0. The van der Waals surface area contributed by atoms with Crippen LogP contribution in [-0.4, -0.2) is 50.2 Å². The maximum Gasteiger partial charge on any atom is 0.254 e. The van der Waals surface area contributed by atoms with Crippen LogP contribution in [0.15, 0.2) is 42.6 Å². The number of benzene rings is 2. The number of likely N-dealkylation sites (tertiary alicyclic amines) is 1. The molecule has 2 atom stereocenters. The first-order chi connectivity index (χ1) is 17.8. The summed E-state index contributed by atoms with van der Waals surface area (Å²) in [5, 5.41) is 6.19. The van der Waals surface area contributed by atoms with Crippen molar-refractivity contribution in [2.45, 2.75) is 65.2 Å². The van der Waals surface area contributed by atoms with Crippen molar-refractivity contribution in [2.24, 2.45) is 0 Å². The lowest BCUT2D eigenvalue weighted by molar-refractivity contribution is -0.115. The predicted octanol–water partition coefficient (Wildman–Crippen LogP) is 4.34. The largest absolute Gasteiger partial charge is 0.336 e. The molecule has 2 amide bonds. The van der Waals surface area contributed by atoms with E-state index in [0.29, 0.717) is 24.0 Å². The first kappa shape index (κ1) is 23.6. The number of fused-ring (bicyclic) bond motifs is 2. The molecule has 1 fully saturated rings. The average Bonchev–Trinajstić information content (AvgIpc) is 3.44. The smallest absolute Gasteiger partial charge is 0.254 e. The van der Waals surface area contributed by atoms with E-state index in [2.05, 4.69) is 59.5 Å². The summed E-state index contributed by atoms with van der Waals surface area (Å²) in [4.78, 5) is 38.9. The standard InChI is InChI=1S/C29H32N6O2/c1-17-8-18(2)10-23(9-17)31-29-30-14-22-15-34(16-26(22)33-29)24-6-7-35(19(3)11-24)28(37)20-4-5-25-21(12-20)13-27(36)32-25/h4-5,8-10,12,14,19,24H,6-7,11,13,15-16H2,1-3H3,(H,32,36)(H,30,31,33)/t19-,24-/m1/s1. The number of carbonyl (C=O) groups excluding carboxylic acids is 2. The summed E-state index contributed by atoms with van der Waals surface area (Å²) in [6, 6.07) is 12.4. The Labute approximate surface area is 217 Å². The van der Waals surface area contributed by atoms with Crippen LogP contribution in [0.1, 0.15) is 58.1 Å². The molecule has 1 saturated heterocycles. The predicted molar refractivity (Wildman–Crippen MR) is 143 cm³/mol. The van der Waals surface area contributed by atoms with Crippen LogP contribution in [0.5, 0.6) is 0 Å². The van der Waals surface area contributed by atoms with Crippen molar-refractivity contribution in [3.8, 4) is 0 Å². The van der Waals surface area contributed by atoms with Gasteiger partial charge in [-0.2, -0.15) is 0 Å². The molecule has 2 N–H and O–H groups in total. The van der Waals surface area contributed by atoms with Crippen molar-refractivity contribution < 1.29 is 9.59 Å². The van der Waals surface area contributed by atoms with Gasteiger partial charge in [0.05, 0.1) is 12.1 Å². The highest BCUT2D eigenvalue weighted by Gasteiger charge is 2.35. The number of hydrogen-bond donors (Lipinski definition) is 2. The lowest BCUT2D eigenvalue weighted by atomic mass is 9.95. The van der Waals surface area contributed by atoms with Crippen molar-refractivity contribution in [2.75, 3.05) is 17.2 Å². The molecular weight excluding hydrogens is 464 g/mol. The summed E-state index contributed by atoms with van der Waals surface area (Å²) in [6.45, 7) is 8.68. The summed E-state index contributed by atoms with van der Waals surface area (Å²) in [5.41, 5.74) is 8.05. The van der Waals surface area contributed by atoms with Crippen LogP contribution in [0, 0.1) is 13.8 Å². The minimum Gasteiger partial charge on any atom is -0.336 e. The molecule has 3 aromatic rings. The molecule has 0 unspecified atom stereocenters. The first-order valence-corrected chi connectivity index (χ1v) is 13.0. The number of anilines is 3. The molecule has 190 valence electrons. The normalized spacial score (nSPS) is 20.9. The topological polar surface area (TPSA) is 90.5 Å². The molecule has 0 spiro atoms. The minimum absolute atomic E-state index is 0.0155. The fourth-order valence-corrected chi connectivity index (χ4v) is 5.98. The quantitative estimate of drug-likeness (QED) is 0.559. The van der Waals surface area contributed by atoms with Gasteiger partial charge in [0.1, 0.15) is 0 Å². The Balaban J connectivity index is 1.09. The van der Waals surface area contributed by atoms with Crippen LogP contribution in [0.3, 0.4) is 0 Å². The molecule has 3 aliphatic rings. The Morgan fingerprint density at radius 2 is 1.89 bits per heavy atom. The zero-order valence-corrected chi connectivity index (χ0v) is 21.5. The number of aromatic nitrogens is 2. The monoisotopic (exact) mass is 496 g/mol. The van der Waals surface area contributed by atoms with Gasteiger partial charge in [0, 0.05) is 60.4 Å². The third-order valence-corrected chi connectivity index (χ3v) is 7.76. The lowest BCUT2D eigenvalue weighted by Gasteiger charge is -2.41. The summed E-state index contributed by atoms with van der Waals surface area (Å²) in [5.74, 6) is 0.662. The summed E-state index contributed by atoms with van der Waals surface area (Å²) in [6.07, 6.45) is 4.14. The number of nitrogens with zero attached hydrogens (tertiary/aromatic N) is 4. The first-order valence-electron chi connectivity index (χ1n) is 13.0. The van der Waals surface area contributed by atoms with Crippen molar-refractivity contribution in [3.05, 3.63) is 76.1 Å². The molecule has 2 aromatic carbocycles. The second kappa shape index (κ2) is 9.27. The molecule has 8 heteroatoms. The second-order valence-corrected chi connectivity index (χ2v) is 10.7. The summed E-state index contributed by atoms with van der Waals surface area (Å²) < 4.78 is 0. The van der Waals surface area contributed by atoms with Crippen LogP contribution in [0.25, 0.3) is 0 Å². The Kier molecular flexibility index (Phi) is 5.91. The van der Waals surface area contributed by atoms with E-state index < -0.39 is 0 Å². The molecule has 4 heterocycles. The Morgan fingerprint density at radius 1 is 1.08 bits per heavy atom. The van der Waals surface area contributed by atoms with Crippen LogP contribution < -0.4 is 10.6 Å². The van der Waals surface area contributed by atoms with Crippen molar-refractivity contribution in [3.63, 3.8) is 0 Å². The highest BCUT2D eigenvalue weighted by molar-refractivity contribution is 6.01. The molecule has 0 radical (unpaired) electrons. The van der Waals surface area contributed by atoms with Gasteiger partial charge in [-0.3, -0.25) is 14.5 Å². The number of hydrogen-bond acceptors (Lipinski definition) is 6. The van der Waals surface area contributed by atoms with Crippen LogP contribution in [-0.2, 0) is 24.3 Å². The zero-order valence-electron chi connectivity index (χ0n) is 21.5. The van der Waals surface area contributed by atoms with Gasteiger partial charge in [0.15, 0.2) is 0 Å². The fourth-order valence-electron chi connectivity index (χ4n) is 5.98. The second-order valence-electron chi connectivity index (χ2n) is 10.7. The Hall–Kier alpha value is -3.78. The molecule has 0 aliphatic carbocycles. The third-order valence-electron chi connectivity index (χ3n) is 7.76. The molecule has 0 saturated carbocycles. The number of rotatable bonds is 4. The third kappa shape index (κ3) is 4.69. The van der Waals surface area contributed by atoms with E-state index in [1.807, 2.05) is 29.3 Å². The Morgan fingerprint density at radius 3 is 2.68 bits per heavy atom. The van der Waals surface area contributed by atoms with E-state index in [4.69, 9.17) is 4.98 Å². The van der Waals surface area contributed by atoms with E-state index in [1.165, 1.54) is 16.7 Å². The maximum absolute atomic E-state index is 13.3. The number of nitrogens with one attached hydrogen (secondary N) is 2. The molecule has 0 bridgehead atoms. The molecule has 6 rings (SSSR count). The molecular formula is C29H32N6O2. The van der Waals surface area contributed by atoms with Gasteiger partial charge in [-0.1, -0.05) is 6.07 Å². The van der Waals surface area contributed by atoms with Crippen LogP contribution in [0.4, 0.5) is 17.3 Å². The van der Waals surface area contributed by atoms with Crippen molar-refractivity contribution in [1.29, 1.82) is 0 Å². The van der Waals surface area contributed by atoms with Crippen LogP contribution in [0.2, 0.25) is 0 Å². The number of carbonyl (C=O) groups is 2. The number of aryl methyl sites for hydroxylation is 2. The summed E-state index contributed by atoms with van der Waals surface area (Å²) in [7, 11) is 0. The molecule has 37 heavy (non-hydrogen) atoms.